The molecule has 1 N–H and O–H groups in total. The molecular weight excluding hydrogens is 362 g/mol. The molecule has 0 bridgehead atoms. The molecule has 2 aliphatic heterocycles. The highest BCUT2D eigenvalue weighted by Crippen LogP contribution is 2.44. The van der Waals surface area contributed by atoms with Crippen LogP contribution in [0.1, 0.15) is 24.0 Å². The smallest absolute Gasteiger partial charge is 0.262 e. The first-order valence-electron chi connectivity index (χ1n) is 10.3. The van der Waals surface area contributed by atoms with E-state index in [9.17, 15) is 4.79 Å². The fraction of sp³-hybridized carbons (Fsp3) is 0.375. The maximum absolute atomic E-state index is 12.9. The highest BCUT2D eigenvalue weighted by Gasteiger charge is 2.34. The number of carbonyl (C=O) groups is 1. The van der Waals surface area contributed by atoms with Crippen LogP contribution in [0.2, 0.25) is 0 Å². The van der Waals surface area contributed by atoms with Crippen LogP contribution in [0.3, 0.4) is 0 Å². The molecule has 1 amide bonds. The molecule has 5 nitrogen and oxygen atoms in total. The monoisotopic (exact) mass is 391 g/mol. The summed E-state index contributed by atoms with van der Waals surface area (Å²) in [5.74, 6) is -0.0436. The number of fused-ring (bicyclic) bond motifs is 1. The molecule has 0 radical (unpaired) electrons. The molecule has 0 unspecified atom stereocenters. The number of benzene rings is 2. The van der Waals surface area contributed by atoms with Crippen molar-refractivity contribution in [2.24, 2.45) is 0 Å². The van der Waals surface area contributed by atoms with E-state index in [2.05, 4.69) is 29.8 Å². The van der Waals surface area contributed by atoms with Gasteiger partial charge in [-0.15, -0.1) is 0 Å². The van der Waals surface area contributed by atoms with Crippen molar-refractivity contribution in [3.05, 3.63) is 60.2 Å². The van der Waals surface area contributed by atoms with E-state index in [4.69, 9.17) is 4.74 Å². The van der Waals surface area contributed by atoms with E-state index in [1.807, 2.05) is 36.4 Å². The summed E-state index contributed by atoms with van der Waals surface area (Å²) in [5.41, 5.74) is 5.52. The van der Waals surface area contributed by atoms with E-state index in [0.29, 0.717) is 11.6 Å². The summed E-state index contributed by atoms with van der Waals surface area (Å²) in [7, 11) is 1.75. The number of carbonyl (C=O) groups excluding carboxylic acids is 1. The van der Waals surface area contributed by atoms with Gasteiger partial charge in [-0.1, -0.05) is 24.8 Å². The Morgan fingerprint density at radius 2 is 1.86 bits per heavy atom. The molecule has 0 saturated carbocycles. The summed E-state index contributed by atoms with van der Waals surface area (Å²) in [6.07, 6.45) is 2.21. The van der Waals surface area contributed by atoms with Crippen LogP contribution in [-0.2, 0) is 9.53 Å². The van der Waals surface area contributed by atoms with Gasteiger partial charge in [0.2, 0.25) is 0 Å². The Morgan fingerprint density at radius 3 is 2.55 bits per heavy atom. The molecule has 2 aromatic rings. The van der Waals surface area contributed by atoms with Crippen molar-refractivity contribution in [1.29, 1.82) is 0 Å². The molecule has 0 aliphatic carbocycles. The second kappa shape index (κ2) is 8.39. The minimum atomic E-state index is -0.0436. The quantitative estimate of drug-likeness (QED) is 0.750. The van der Waals surface area contributed by atoms with Crippen LogP contribution < -0.4 is 10.2 Å². The number of ether oxygens (including phenoxy) is 1. The van der Waals surface area contributed by atoms with Crippen molar-refractivity contribution in [2.75, 3.05) is 43.6 Å². The Bertz CT molecular complexity index is 902. The van der Waals surface area contributed by atoms with Crippen LogP contribution in [0.15, 0.2) is 49.0 Å². The molecule has 2 aromatic carbocycles. The molecule has 0 atom stereocenters. The summed E-state index contributed by atoms with van der Waals surface area (Å²) in [4.78, 5) is 17.1. The Labute approximate surface area is 173 Å². The third-order valence-electron chi connectivity index (χ3n) is 6.02. The maximum Gasteiger partial charge on any atom is 0.262 e. The number of para-hydroxylation sites is 1. The van der Waals surface area contributed by atoms with Crippen LogP contribution in [-0.4, -0.2) is 50.2 Å². The minimum absolute atomic E-state index is 0.0436. The average molecular weight is 392 g/mol. The number of likely N-dealkylation sites (tertiary alicyclic amines) is 1. The van der Waals surface area contributed by atoms with Gasteiger partial charge in [0.25, 0.3) is 5.91 Å². The second-order valence-corrected chi connectivity index (χ2v) is 7.84. The highest BCUT2D eigenvalue weighted by atomic mass is 16.5. The molecule has 2 aliphatic rings. The number of rotatable bonds is 6. The fourth-order valence-electron chi connectivity index (χ4n) is 4.35. The summed E-state index contributed by atoms with van der Waals surface area (Å²) in [5, 5.41) is 3.72. The fourth-order valence-corrected chi connectivity index (χ4v) is 4.35. The topological polar surface area (TPSA) is 44.8 Å². The zero-order valence-corrected chi connectivity index (χ0v) is 17.3. The summed E-state index contributed by atoms with van der Waals surface area (Å²) in [6, 6.07) is 14.4. The Balaban J connectivity index is 1.52. The SMILES string of the molecule is C=C1C(=O)N(c2ccccc2)c2ccc(NC3CCN(CCOC)CC3)c(C)c21. The van der Waals surface area contributed by atoms with Gasteiger partial charge in [0.05, 0.1) is 12.3 Å². The van der Waals surface area contributed by atoms with Gasteiger partial charge in [-0.2, -0.15) is 0 Å². The number of nitrogens with one attached hydrogen (secondary N) is 1. The molecule has 2 heterocycles. The van der Waals surface area contributed by atoms with Crippen molar-refractivity contribution in [3.63, 3.8) is 0 Å². The molecule has 5 heteroatoms. The number of hydrogen-bond donors (Lipinski definition) is 1. The molecule has 0 aromatic heterocycles. The van der Waals surface area contributed by atoms with Crippen LogP contribution in [0.4, 0.5) is 17.1 Å². The third-order valence-corrected chi connectivity index (χ3v) is 6.02. The molecule has 0 spiro atoms. The first-order valence-corrected chi connectivity index (χ1v) is 10.3. The largest absolute Gasteiger partial charge is 0.383 e. The Morgan fingerprint density at radius 1 is 1.14 bits per heavy atom. The molecule has 1 saturated heterocycles. The van der Waals surface area contributed by atoms with E-state index in [1.165, 1.54) is 0 Å². The molecule has 152 valence electrons. The molecule has 4 rings (SSSR count). The zero-order valence-electron chi connectivity index (χ0n) is 17.3. The Kier molecular flexibility index (Phi) is 5.69. The first kappa shape index (κ1) is 19.7. The molecule has 29 heavy (non-hydrogen) atoms. The van der Waals surface area contributed by atoms with Gasteiger partial charge in [0.1, 0.15) is 0 Å². The zero-order chi connectivity index (χ0) is 20.4. The van der Waals surface area contributed by atoms with Gasteiger partial charge in [0.15, 0.2) is 0 Å². The lowest BCUT2D eigenvalue weighted by molar-refractivity contribution is -0.112. The van der Waals surface area contributed by atoms with E-state index in [1.54, 1.807) is 12.0 Å². The molecule has 1 fully saturated rings. The first-order chi connectivity index (χ1) is 14.1. The van der Waals surface area contributed by atoms with Gasteiger partial charge >= 0.3 is 0 Å². The maximum atomic E-state index is 12.9. The lowest BCUT2D eigenvalue weighted by Crippen LogP contribution is -2.40. The predicted molar refractivity (Wildman–Crippen MR) is 119 cm³/mol. The van der Waals surface area contributed by atoms with Crippen molar-refractivity contribution < 1.29 is 9.53 Å². The number of piperidine rings is 1. The van der Waals surface area contributed by atoms with Crippen LogP contribution in [0.5, 0.6) is 0 Å². The minimum Gasteiger partial charge on any atom is -0.383 e. The van der Waals surface area contributed by atoms with Gasteiger partial charge in [0, 0.05) is 55.3 Å². The van der Waals surface area contributed by atoms with Crippen LogP contribution >= 0.6 is 0 Å². The number of nitrogens with zero attached hydrogens (tertiary/aromatic N) is 2. The van der Waals surface area contributed by atoms with Gasteiger partial charge in [-0.3, -0.25) is 9.69 Å². The summed E-state index contributed by atoms with van der Waals surface area (Å²) in [6.45, 7) is 10.1. The average Bonchev–Trinajstić information content (AvgIpc) is 3.01. The number of anilines is 3. The highest BCUT2D eigenvalue weighted by molar-refractivity contribution is 6.35. The number of methoxy groups -OCH3 is 1. The van der Waals surface area contributed by atoms with E-state index in [-0.39, 0.29) is 5.91 Å². The lowest BCUT2D eigenvalue weighted by atomic mass is 9.99. The van der Waals surface area contributed by atoms with Crippen LogP contribution in [0, 0.1) is 6.92 Å². The predicted octanol–water partition coefficient (Wildman–Crippen LogP) is 4.21. The number of amides is 1. The third kappa shape index (κ3) is 3.80. The van der Waals surface area contributed by atoms with Gasteiger partial charge in [-0.05, 0) is 49.6 Å². The molecular formula is C24H29N3O2. The van der Waals surface area contributed by atoms with E-state index < -0.39 is 0 Å². The number of hydrogen-bond acceptors (Lipinski definition) is 4. The second-order valence-electron chi connectivity index (χ2n) is 7.84. The summed E-state index contributed by atoms with van der Waals surface area (Å²) >= 11 is 0. The van der Waals surface area contributed by atoms with Gasteiger partial charge < -0.3 is 15.0 Å². The summed E-state index contributed by atoms with van der Waals surface area (Å²) < 4.78 is 5.19. The van der Waals surface area contributed by atoms with E-state index >= 15 is 0 Å². The van der Waals surface area contributed by atoms with E-state index in [0.717, 1.165) is 67.3 Å². The standard InChI is InChI=1S/C24H29N3O2/c1-17-21(25-19-11-13-26(14-12-19)15-16-29-3)9-10-22-23(17)18(2)24(28)27(22)20-7-5-4-6-8-20/h4-10,19,25H,2,11-16H2,1,3H3. The van der Waals surface area contributed by atoms with Crippen molar-refractivity contribution in [3.8, 4) is 0 Å². The van der Waals surface area contributed by atoms with Gasteiger partial charge in [-0.25, -0.2) is 0 Å². The lowest BCUT2D eigenvalue weighted by Gasteiger charge is -2.33. The Hall–Kier alpha value is -2.63. The van der Waals surface area contributed by atoms with Crippen LogP contribution in [0.25, 0.3) is 5.57 Å². The van der Waals surface area contributed by atoms with Crippen molar-refractivity contribution in [1.82, 2.24) is 4.90 Å². The van der Waals surface area contributed by atoms with Crippen molar-refractivity contribution >= 4 is 28.5 Å². The normalized spacial score (nSPS) is 17.7. The van der Waals surface area contributed by atoms with Crippen molar-refractivity contribution in [2.45, 2.75) is 25.8 Å².